The molecule has 0 spiro atoms. The maximum Gasteiger partial charge on any atom is 0.203 e. The van der Waals surface area contributed by atoms with Crippen molar-refractivity contribution in [2.45, 2.75) is 64.0 Å². The lowest BCUT2D eigenvalue weighted by Crippen LogP contribution is -2.33. The SMILES string of the molecule is Cc1cn(C2CCCC2)c(NCC2(C)CCCO2)n1. The molecule has 1 aliphatic heterocycles. The van der Waals surface area contributed by atoms with E-state index in [1.807, 2.05) is 0 Å². The van der Waals surface area contributed by atoms with Crippen LogP contribution in [0.5, 0.6) is 0 Å². The minimum absolute atomic E-state index is 0.0135. The molecule has 1 N–H and O–H groups in total. The van der Waals surface area contributed by atoms with Crippen molar-refractivity contribution in [1.29, 1.82) is 0 Å². The van der Waals surface area contributed by atoms with E-state index in [1.165, 1.54) is 32.1 Å². The Kier molecular flexibility index (Phi) is 3.52. The summed E-state index contributed by atoms with van der Waals surface area (Å²) < 4.78 is 8.18. The molecule has 3 rings (SSSR count). The van der Waals surface area contributed by atoms with Crippen molar-refractivity contribution in [2.75, 3.05) is 18.5 Å². The summed E-state index contributed by atoms with van der Waals surface area (Å²) in [7, 11) is 0. The van der Waals surface area contributed by atoms with Gasteiger partial charge in [0.2, 0.25) is 5.95 Å². The van der Waals surface area contributed by atoms with Crippen LogP contribution in [0.3, 0.4) is 0 Å². The molecule has 4 heteroatoms. The summed E-state index contributed by atoms with van der Waals surface area (Å²) in [6.07, 6.45) is 9.79. The summed E-state index contributed by atoms with van der Waals surface area (Å²) in [6, 6.07) is 0.640. The quantitative estimate of drug-likeness (QED) is 0.906. The maximum absolute atomic E-state index is 5.83. The van der Waals surface area contributed by atoms with Crippen LogP contribution in [-0.4, -0.2) is 28.3 Å². The number of hydrogen-bond acceptors (Lipinski definition) is 3. The van der Waals surface area contributed by atoms with Crippen molar-refractivity contribution in [3.05, 3.63) is 11.9 Å². The maximum atomic E-state index is 5.83. The van der Waals surface area contributed by atoms with Gasteiger partial charge in [-0.15, -0.1) is 0 Å². The molecule has 1 atom stereocenters. The molecule has 19 heavy (non-hydrogen) atoms. The van der Waals surface area contributed by atoms with E-state index >= 15 is 0 Å². The van der Waals surface area contributed by atoms with Gasteiger partial charge >= 0.3 is 0 Å². The van der Waals surface area contributed by atoms with E-state index in [2.05, 4.69) is 34.9 Å². The van der Waals surface area contributed by atoms with Gasteiger partial charge in [0.1, 0.15) is 0 Å². The van der Waals surface area contributed by atoms with Crippen molar-refractivity contribution in [3.8, 4) is 0 Å². The molecule has 2 aliphatic rings. The summed E-state index contributed by atoms with van der Waals surface area (Å²) in [5.41, 5.74) is 1.09. The topological polar surface area (TPSA) is 39.1 Å². The molecule has 1 saturated carbocycles. The van der Waals surface area contributed by atoms with Crippen LogP contribution in [-0.2, 0) is 4.74 Å². The molecule has 1 aromatic heterocycles. The Morgan fingerprint density at radius 3 is 2.89 bits per heavy atom. The van der Waals surface area contributed by atoms with Crippen molar-refractivity contribution in [1.82, 2.24) is 9.55 Å². The number of aryl methyl sites for hydroxylation is 1. The zero-order chi connectivity index (χ0) is 13.3. The van der Waals surface area contributed by atoms with Crippen molar-refractivity contribution < 1.29 is 4.74 Å². The largest absolute Gasteiger partial charge is 0.373 e. The molecule has 4 nitrogen and oxygen atoms in total. The van der Waals surface area contributed by atoms with E-state index in [0.29, 0.717) is 6.04 Å². The van der Waals surface area contributed by atoms with Gasteiger partial charge in [0, 0.05) is 25.4 Å². The standard InChI is InChI=1S/C15H25N3O/c1-12-10-18(13-6-3-4-7-13)14(17-12)16-11-15(2)8-5-9-19-15/h10,13H,3-9,11H2,1-2H3,(H,16,17). The highest BCUT2D eigenvalue weighted by atomic mass is 16.5. The first kappa shape index (κ1) is 13.0. The van der Waals surface area contributed by atoms with Gasteiger partial charge in [0.25, 0.3) is 0 Å². The first-order chi connectivity index (χ1) is 9.16. The Hall–Kier alpha value is -1.03. The van der Waals surface area contributed by atoms with Gasteiger partial charge in [-0.1, -0.05) is 12.8 Å². The summed E-state index contributed by atoms with van der Waals surface area (Å²) >= 11 is 0. The molecule has 2 fully saturated rings. The lowest BCUT2D eigenvalue weighted by molar-refractivity contribution is 0.0313. The molecular weight excluding hydrogens is 238 g/mol. The number of hydrogen-bond donors (Lipinski definition) is 1. The van der Waals surface area contributed by atoms with E-state index in [4.69, 9.17) is 4.74 Å². The van der Waals surface area contributed by atoms with E-state index < -0.39 is 0 Å². The minimum atomic E-state index is -0.0135. The van der Waals surface area contributed by atoms with Crippen molar-refractivity contribution >= 4 is 5.95 Å². The molecule has 1 aliphatic carbocycles. The summed E-state index contributed by atoms with van der Waals surface area (Å²) in [5, 5.41) is 3.52. The third kappa shape index (κ3) is 2.78. The summed E-state index contributed by atoms with van der Waals surface area (Å²) in [5.74, 6) is 1.03. The molecule has 0 radical (unpaired) electrons. The summed E-state index contributed by atoms with van der Waals surface area (Å²) in [4.78, 5) is 4.64. The van der Waals surface area contributed by atoms with E-state index in [0.717, 1.165) is 31.2 Å². The molecule has 106 valence electrons. The second-order valence-corrected chi connectivity index (χ2v) is 6.31. The molecule has 1 saturated heterocycles. The normalized spacial score (nSPS) is 28.1. The Bertz CT molecular complexity index is 429. The van der Waals surface area contributed by atoms with Gasteiger partial charge in [-0.25, -0.2) is 4.98 Å². The highest BCUT2D eigenvalue weighted by Crippen LogP contribution is 2.32. The third-order valence-electron chi connectivity index (χ3n) is 4.49. The molecule has 1 unspecified atom stereocenters. The zero-order valence-corrected chi connectivity index (χ0v) is 12.1. The first-order valence-corrected chi connectivity index (χ1v) is 7.60. The Labute approximate surface area is 115 Å². The van der Waals surface area contributed by atoms with Crippen LogP contribution in [0.4, 0.5) is 5.95 Å². The first-order valence-electron chi connectivity index (χ1n) is 7.60. The number of nitrogens with one attached hydrogen (secondary N) is 1. The minimum Gasteiger partial charge on any atom is -0.373 e. The lowest BCUT2D eigenvalue weighted by Gasteiger charge is -2.24. The van der Waals surface area contributed by atoms with Gasteiger partial charge in [0.05, 0.1) is 11.3 Å². The van der Waals surface area contributed by atoms with Gasteiger partial charge < -0.3 is 14.6 Å². The third-order valence-corrected chi connectivity index (χ3v) is 4.49. The second kappa shape index (κ2) is 5.16. The van der Waals surface area contributed by atoms with Crippen LogP contribution in [0, 0.1) is 6.92 Å². The van der Waals surface area contributed by atoms with Gasteiger partial charge in [-0.2, -0.15) is 0 Å². The lowest BCUT2D eigenvalue weighted by atomic mass is 10.0. The highest BCUT2D eigenvalue weighted by molar-refractivity contribution is 5.30. The Balaban J connectivity index is 1.69. The molecular formula is C15H25N3O. The van der Waals surface area contributed by atoms with Crippen LogP contribution in [0.2, 0.25) is 0 Å². The highest BCUT2D eigenvalue weighted by Gasteiger charge is 2.30. The number of imidazole rings is 1. The number of anilines is 1. The van der Waals surface area contributed by atoms with Gasteiger partial charge in [-0.05, 0) is 39.5 Å². The van der Waals surface area contributed by atoms with E-state index in [1.54, 1.807) is 0 Å². The fourth-order valence-corrected chi connectivity index (χ4v) is 3.35. The van der Waals surface area contributed by atoms with E-state index in [9.17, 15) is 0 Å². The average Bonchev–Trinajstić information content (AvgIpc) is 3.07. The van der Waals surface area contributed by atoms with E-state index in [-0.39, 0.29) is 5.60 Å². The van der Waals surface area contributed by atoms with Crippen molar-refractivity contribution in [3.63, 3.8) is 0 Å². The monoisotopic (exact) mass is 263 g/mol. The van der Waals surface area contributed by atoms with Crippen LogP contribution >= 0.6 is 0 Å². The van der Waals surface area contributed by atoms with Crippen LogP contribution in [0.1, 0.15) is 57.2 Å². The molecule has 0 bridgehead atoms. The molecule has 2 heterocycles. The Morgan fingerprint density at radius 1 is 1.42 bits per heavy atom. The summed E-state index contributed by atoms with van der Waals surface area (Å²) in [6.45, 7) is 6.03. The fourth-order valence-electron chi connectivity index (χ4n) is 3.35. The smallest absolute Gasteiger partial charge is 0.203 e. The number of aromatic nitrogens is 2. The average molecular weight is 263 g/mol. The Morgan fingerprint density at radius 2 is 2.21 bits per heavy atom. The number of nitrogens with zero attached hydrogens (tertiary/aromatic N) is 2. The van der Waals surface area contributed by atoms with Crippen LogP contribution < -0.4 is 5.32 Å². The molecule has 1 aromatic rings. The fraction of sp³-hybridized carbons (Fsp3) is 0.800. The molecule has 0 amide bonds. The predicted octanol–water partition coefficient (Wildman–Crippen LogP) is 3.29. The van der Waals surface area contributed by atoms with Gasteiger partial charge in [0.15, 0.2) is 0 Å². The van der Waals surface area contributed by atoms with Crippen LogP contribution in [0.15, 0.2) is 6.20 Å². The predicted molar refractivity (Wildman–Crippen MR) is 76.5 cm³/mol. The van der Waals surface area contributed by atoms with Gasteiger partial charge in [-0.3, -0.25) is 0 Å². The molecule has 0 aromatic carbocycles. The van der Waals surface area contributed by atoms with Crippen molar-refractivity contribution in [2.24, 2.45) is 0 Å². The van der Waals surface area contributed by atoms with Crippen LogP contribution in [0.25, 0.3) is 0 Å². The number of ether oxygens (including phenoxy) is 1. The number of rotatable bonds is 4. The zero-order valence-electron chi connectivity index (χ0n) is 12.1. The second-order valence-electron chi connectivity index (χ2n) is 6.31.